The lowest BCUT2D eigenvalue weighted by Crippen LogP contribution is -2.21. The number of nitrogens with two attached hydrogens (primary N) is 1. The number of nitrogens with zero attached hydrogens (tertiary/aromatic N) is 2. The number of hydrogen-bond donors (Lipinski definition) is 3. The van der Waals surface area contributed by atoms with E-state index in [1.807, 2.05) is 18.7 Å². The van der Waals surface area contributed by atoms with Crippen LogP contribution in [0.5, 0.6) is 0 Å². The SMILES string of the molecule is CSC1CCC(Nc2nc(C(C)C)nc(NN)c2C)C1. The van der Waals surface area contributed by atoms with Crippen LogP contribution < -0.4 is 16.6 Å². The van der Waals surface area contributed by atoms with Gasteiger partial charge >= 0.3 is 0 Å². The van der Waals surface area contributed by atoms with Crippen LogP contribution in [0.25, 0.3) is 0 Å². The van der Waals surface area contributed by atoms with Gasteiger partial charge in [-0.2, -0.15) is 11.8 Å². The third-order valence-corrected chi connectivity index (χ3v) is 4.97. The zero-order valence-corrected chi connectivity index (χ0v) is 13.5. The van der Waals surface area contributed by atoms with Crippen LogP contribution in [0.3, 0.4) is 0 Å². The highest BCUT2D eigenvalue weighted by Crippen LogP contribution is 2.31. The highest BCUT2D eigenvalue weighted by Gasteiger charge is 2.25. The Morgan fingerprint density at radius 2 is 1.95 bits per heavy atom. The number of rotatable bonds is 5. The van der Waals surface area contributed by atoms with E-state index in [0.29, 0.717) is 11.9 Å². The largest absolute Gasteiger partial charge is 0.367 e. The maximum absolute atomic E-state index is 5.57. The van der Waals surface area contributed by atoms with Crippen molar-refractivity contribution in [2.75, 3.05) is 17.0 Å². The van der Waals surface area contributed by atoms with Crippen molar-refractivity contribution in [1.82, 2.24) is 9.97 Å². The highest BCUT2D eigenvalue weighted by molar-refractivity contribution is 7.99. The van der Waals surface area contributed by atoms with Crippen LogP contribution >= 0.6 is 11.8 Å². The molecule has 20 heavy (non-hydrogen) atoms. The molecule has 1 saturated carbocycles. The topological polar surface area (TPSA) is 75.9 Å². The van der Waals surface area contributed by atoms with Gasteiger partial charge in [0.25, 0.3) is 0 Å². The summed E-state index contributed by atoms with van der Waals surface area (Å²) in [6, 6.07) is 0.506. The van der Waals surface area contributed by atoms with Gasteiger partial charge in [-0.1, -0.05) is 13.8 Å². The van der Waals surface area contributed by atoms with Gasteiger partial charge in [-0.05, 0) is 32.4 Å². The summed E-state index contributed by atoms with van der Waals surface area (Å²) >= 11 is 1.96. The Labute approximate surface area is 125 Å². The molecule has 5 nitrogen and oxygen atoms in total. The third-order valence-electron chi connectivity index (χ3n) is 3.87. The molecule has 1 heterocycles. The minimum Gasteiger partial charge on any atom is -0.367 e. The van der Waals surface area contributed by atoms with Gasteiger partial charge in [0.2, 0.25) is 0 Å². The van der Waals surface area contributed by atoms with Crippen molar-refractivity contribution in [3.63, 3.8) is 0 Å². The van der Waals surface area contributed by atoms with Crippen molar-refractivity contribution in [2.45, 2.75) is 57.2 Å². The van der Waals surface area contributed by atoms with E-state index in [-0.39, 0.29) is 5.92 Å². The average Bonchev–Trinajstić information content (AvgIpc) is 2.88. The Morgan fingerprint density at radius 3 is 2.50 bits per heavy atom. The van der Waals surface area contributed by atoms with Gasteiger partial charge in [0, 0.05) is 22.8 Å². The van der Waals surface area contributed by atoms with E-state index in [9.17, 15) is 0 Å². The van der Waals surface area contributed by atoms with Crippen LogP contribution in [-0.2, 0) is 0 Å². The molecule has 0 bridgehead atoms. The Morgan fingerprint density at radius 1 is 1.25 bits per heavy atom. The minimum absolute atomic E-state index is 0.283. The number of nitrogen functional groups attached to an aromatic ring is 1. The van der Waals surface area contributed by atoms with Gasteiger partial charge in [-0.3, -0.25) is 0 Å². The van der Waals surface area contributed by atoms with Crippen LogP contribution in [0.2, 0.25) is 0 Å². The first-order chi connectivity index (χ1) is 9.55. The molecule has 4 N–H and O–H groups in total. The summed E-state index contributed by atoms with van der Waals surface area (Å²) < 4.78 is 0. The molecule has 0 saturated heterocycles. The molecule has 0 radical (unpaired) electrons. The maximum Gasteiger partial charge on any atom is 0.148 e. The molecular formula is C14H25N5S. The van der Waals surface area contributed by atoms with Gasteiger partial charge in [0.1, 0.15) is 17.5 Å². The lowest BCUT2D eigenvalue weighted by molar-refractivity contribution is 0.733. The number of anilines is 2. The molecule has 0 aliphatic heterocycles. The van der Waals surface area contributed by atoms with Gasteiger partial charge in [-0.25, -0.2) is 15.8 Å². The van der Waals surface area contributed by atoms with Crippen molar-refractivity contribution in [3.8, 4) is 0 Å². The quantitative estimate of drug-likeness (QED) is 0.573. The van der Waals surface area contributed by atoms with E-state index >= 15 is 0 Å². The zero-order valence-electron chi connectivity index (χ0n) is 12.7. The molecule has 6 heteroatoms. The van der Waals surface area contributed by atoms with Crippen LogP contribution in [0.4, 0.5) is 11.6 Å². The van der Waals surface area contributed by atoms with E-state index in [1.54, 1.807) is 0 Å². The fourth-order valence-corrected chi connectivity index (χ4v) is 3.35. The molecule has 2 rings (SSSR count). The van der Waals surface area contributed by atoms with Crippen molar-refractivity contribution in [1.29, 1.82) is 0 Å². The highest BCUT2D eigenvalue weighted by atomic mass is 32.2. The number of aromatic nitrogens is 2. The lowest BCUT2D eigenvalue weighted by atomic mass is 10.2. The molecule has 1 aromatic rings. The van der Waals surface area contributed by atoms with Crippen molar-refractivity contribution < 1.29 is 0 Å². The van der Waals surface area contributed by atoms with Crippen LogP contribution in [-0.4, -0.2) is 27.5 Å². The van der Waals surface area contributed by atoms with Gasteiger partial charge in [0.05, 0.1) is 0 Å². The molecule has 112 valence electrons. The second-order valence-electron chi connectivity index (χ2n) is 5.72. The standard InChI is InChI=1S/C14H25N5S/c1-8(2)12-17-13(9(3)14(18-12)19-15)16-10-5-6-11(7-10)20-4/h8,10-11H,5-7,15H2,1-4H3,(H2,16,17,18,19). The predicted molar refractivity (Wildman–Crippen MR) is 87.2 cm³/mol. The number of nitrogens with one attached hydrogen (secondary N) is 2. The molecule has 2 atom stereocenters. The van der Waals surface area contributed by atoms with Crippen LogP contribution in [0, 0.1) is 6.92 Å². The number of hydrazine groups is 1. The normalized spacial score (nSPS) is 22.3. The molecule has 1 aliphatic carbocycles. The summed E-state index contributed by atoms with van der Waals surface area (Å²) in [5, 5.41) is 4.35. The van der Waals surface area contributed by atoms with Gasteiger partial charge in [-0.15, -0.1) is 0 Å². The van der Waals surface area contributed by atoms with Gasteiger partial charge < -0.3 is 10.7 Å². The summed E-state index contributed by atoms with van der Waals surface area (Å²) in [6.45, 7) is 6.19. The molecule has 0 aromatic carbocycles. The fraction of sp³-hybridized carbons (Fsp3) is 0.714. The summed E-state index contributed by atoms with van der Waals surface area (Å²) in [7, 11) is 0. The first kappa shape index (κ1) is 15.4. The first-order valence-corrected chi connectivity index (χ1v) is 8.48. The fourth-order valence-electron chi connectivity index (χ4n) is 2.55. The summed E-state index contributed by atoms with van der Waals surface area (Å²) in [5.41, 5.74) is 3.67. The van der Waals surface area contributed by atoms with Crippen molar-refractivity contribution >= 4 is 23.4 Å². The minimum atomic E-state index is 0.283. The first-order valence-electron chi connectivity index (χ1n) is 7.19. The van der Waals surface area contributed by atoms with E-state index in [0.717, 1.165) is 22.5 Å². The van der Waals surface area contributed by atoms with E-state index in [4.69, 9.17) is 5.84 Å². The molecule has 0 spiro atoms. The third kappa shape index (κ3) is 3.35. The Bertz CT molecular complexity index is 463. The maximum atomic E-state index is 5.57. The molecule has 2 unspecified atom stereocenters. The van der Waals surface area contributed by atoms with E-state index in [1.165, 1.54) is 19.3 Å². The lowest BCUT2D eigenvalue weighted by Gasteiger charge is -2.18. The van der Waals surface area contributed by atoms with Gasteiger partial charge in [0.15, 0.2) is 0 Å². The summed E-state index contributed by atoms with van der Waals surface area (Å²) in [4.78, 5) is 9.14. The molecule has 1 aromatic heterocycles. The zero-order chi connectivity index (χ0) is 14.7. The van der Waals surface area contributed by atoms with Crippen LogP contribution in [0.1, 0.15) is 50.4 Å². The summed E-state index contributed by atoms with van der Waals surface area (Å²) in [6.07, 6.45) is 5.88. The molecular weight excluding hydrogens is 270 g/mol. The Kier molecular flexibility index (Phi) is 5.10. The van der Waals surface area contributed by atoms with Crippen molar-refractivity contribution in [3.05, 3.63) is 11.4 Å². The van der Waals surface area contributed by atoms with E-state index < -0.39 is 0 Å². The second kappa shape index (κ2) is 6.63. The summed E-state index contributed by atoms with van der Waals surface area (Å²) in [5.74, 6) is 8.31. The molecule has 1 fully saturated rings. The van der Waals surface area contributed by atoms with Crippen LogP contribution in [0.15, 0.2) is 0 Å². The number of hydrogen-bond acceptors (Lipinski definition) is 6. The number of thioether (sulfide) groups is 1. The average molecular weight is 295 g/mol. The van der Waals surface area contributed by atoms with E-state index in [2.05, 4.69) is 40.8 Å². The predicted octanol–water partition coefficient (Wildman–Crippen LogP) is 2.89. The Balaban J connectivity index is 2.20. The second-order valence-corrected chi connectivity index (χ2v) is 6.85. The monoisotopic (exact) mass is 295 g/mol. The molecule has 1 aliphatic rings. The van der Waals surface area contributed by atoms with Crippen molar-refractivity contribution in [2.24, 2.45) is 5.84 Å². The Hall–Kier alpha value is -1.01. The molecule has 0 amide bonds. The smallest absolute Gasteiger partial charge is 0.148 e.